The molecule has 0 heterocycles. The van der Waals surface area contributed by atoms with Gasteiger partial charge in [-0.05, 0) is 12.8 Å². The van der Waals surface area contributed by atoms with Crippen molar-refractivity contribution in [3.05, 3.63) is 0 Å². The molecule has 12 heavy (non-hydrogen) atoms. The molecule has 1 aliphatic carbocycles. The third-order valence-electron chi connectivity index (χ3n) is 2.01. The minimum atomic E-state index is -2.72. The summed E-state index contributed by atoms with van der Waals surface area (Å²) in [4.78, 5) is 10.9. The molecule has 0 aromatic rings. The molecule has 1 aliphatic rings. The molecule has 0 aliphatic heterocycles. The van der Waals surface area contributed by atoms with Gasteiger partial charge in [-0.25, -0.2) is 0 Å². The molecule has 5 heteroatoms. The highest BCUT2D eigenvalue weighted by Crippen LogP contribution is 2.31. The van der Waals surface area contributed by atoms with Gasteiger partial charge < -0.3 is 10.1 Å². The zero-order valence-electron chi connectivity index (χ0n) is 6.72. The molecule has 1 N–H and O–H groups in total. The van der Waals surface area contributed by atoms with Crippen molar-refractivity contribution in [2.45, 2.75) is 25.6 Å². The van der Waals surface area contributed by atoms with Crippen molar-refractivity contribution >= 4 is 5.91 Å². The zero-order valence-corrected chi connectivity index (χ0v) is 6.72. The van der Waals surface area contributed by atoms with E-state index >= 15 is 0 Å². The summed E-state index contributed by atoms with van der Waals surface area (Å²) in [6, 6.07) is 0. The van der Waals surface area contributed by atoms with Gasteiger partial charge in [0.2, 0.25) is 5.91 Å². The van der Waals surface area contributed by atoms with E-state index in [-0.39, 0.29) is 11.8 Å². The summed E-state index contributed by atoms with van der Waals surface area (Å²) in [5.41, 5.74) is 0. The molecule has 0 spiro atoms. The van der Waals surface area contributed by atoms with E-state index in [0.29, 0.717) is 12.8 Å². The second-order valence-corrected chi connectivity index (χ2v) is 2.80. The molecule has 0 unspecified atom stereocenters. The van der Waals surface area contributed by atoms with Crippen LogP contribution in [0.2, 0.25) is 0 Å². The van der Waals surface area contributed by atoms with E-state index in [1.807, 2.05) is 0 Å². The summed E-state index contributed by atoms with van der Waals surface area (Å²) in [6.45, 7) is -2.72. The van der Waals surface area contributed by atoms with Gasteiger partial charge in [0.1, 0.15) is 0 Å². The Morgan fingerprint density at radius 2 is 2.17 bits per heavy atom. The first kappa shape index (κ1) is 9.38. The number of hydrogen-bond donors (Lipinski definition) is 1. The number of carbonyl (C=O) groups excluding carboxylic acids is 1. The Morgan fingerprint density at radius 3 is 2.58 bits per heavy atom. The van der Waals surface area contributed by atoms with Crippen LogP contribution in [0.1, 0.15) is 12.8 Å². The maximum Gasteiger partial charge on any atom is 0.345 e. The van der Waals surface area contributed by atoms with E-state index in [4.69, 9.17) is 0 Å². The first-order chi connectivity index (χ1) is 5.63. The van der Waals surface area contributed by atoms with E-state index in [1.54, 1.807) is 0 Å². The van der Waals surface area contributed by atoms with Crippen LogP contribution in [-0.2, 0) is 9.53 Å². The number of hydrogen-bond acceptors (Lipinski definition) is 2. The van der Waals surface area contributed by atoms with Crippen LogP contribution in [0.3, 0.4) is 0 Å². The predicted octanol–water partition coefficient (Wildman–Crippen LogP) is 0.750. The Balaban J connectivity index is 2.15. The maximum absolute atomic E-state index is 11.6. The van der Waals surface area contributed by atoms with E-state index in [1.165, 1.54) is 7.05 Å². The summed E-state index contributed by atoms with van der Waals surface area (Å²) in [7, 11) is 1.53. The van der Waals surface area contributed by atoms with Crippen molar-refractivity contribution in [2.24, 2.45) is 5.92 Å². The highest BCUT2D eigenvalue weighted by atomic mass is 19.3. The van der Waals surface area contributed by atoms with Gasteiger partial charge in [-0.3, -0.25) is 4.79 Å². The van der Waals surface area contributed by atoms with Gasteiger partial charge >= 0.3 is 6.61 Å². The van der Waals surface area contributed by atoms with Crippen molar-refractivity contribution in [1.29, 1.82) is 0 Å². The highest BCUT2D eigenvalue weighted by Gasteiger charge is 2.36. The lowest BCUT2D eigenvalue weighted by Gasteiger charge is -2.33. The molecular formula is C7H11F2NO2. The van der Waals surface area contributed by atoms with Crippen molar-refractivity contribution < 1.29 is 18.3 Å². The zero-order chi connectivity index (χ0) is 9.14. The van der Waals surface area contributed by atoms with Crippen LogP contribution < -0.4 is 5.32 Å². The third-order valence-corrected chi connectivity index (χ3v) is 2.01. The number of nitrogens with one attached hydrogen (secondary N) is 1. The number of ether oxygens (including phenoxy) is 1. The summed E-state index contributed by atoms with van der Waals surface area (Å²) >= 11 is 0. The molecule has 0 radical (unpaired) electrons. The van der Waals surface area contributed by atoms with Gasteiger partial charge in [0, 0.05) is 13.0 Å². The molecule has 3 nitrogen and oxygen atoms in total. The van der Waals surface area contributed by atoms with Crippen LogP contribution in [0.25, 0.3) is 0 Å². The molecule has 1 rings (SSSR count). The number of amides is 1. The Kier molecular flexibility index (Phi) is 2.97. The maximum atomic E-state index is 11.6. The number of rotatable bonds is 3. The van der Waals surface area contributed by atoms with E-state index < -0.39 is 12.7 Å². The Labute approximate surface area is 69.1 Å². The largest absolute Gasteiger partial charge is 0.359 e. The van der Waals surface area contributed by atoms with Crippen LogP contribution in [0.5, 0.6) is 0 Å². The molecule has 0 aromatic heterocycles. The Hall–Kier alpha value is -0.710. The quantitative estimate of drug-likeness (QED) is 0.694. The van der Waals surface area contributed by atoms with Crippen LogP contribution in [0.4, 0.5) is 8.78 Å². The molecule has 70 valence electrons. The number of halogens is 2. The van der Waals surface area contributed by atoms with Gasteiger partial charge in [-0.15, -0.1) is 0 Å². The fourth-order valence-electron chi connectivity index (χ4n) is 1.24. The second-order valence-electron chi connectivity index (χ2n) is 2.80. The standard InChI is InChI=1S/C7H11F2NO2/c1-10-6(11)4-2-5(3-4)12-7(8)9/h4-5,7H,2-3H2,1H3,(H,10,11). The SMILES string of the molecule is CNC(=O)C1CC(OC(F)F)C1. The highest BCUT2D eigenvalue weighted by molar-refractivity contribution is 5.79. The Bertz CT molecular complexity index is 169. The van der Waals surface area contributed by atoms with Crippen LogP contribution in [0.15, 0.2) is 0 Å². The lowest BCUT2D eigenvalue weighted by molar-refractivity contribution is -0.192. The normalized spacial score (nSPS) is 28.3. The van der Waals surface area contributed by atoms with E-state index in [0.717, 1.165) is 0 Å². The van der Waals surface area contributed by atoms with Gasteiger partial charge in [-0.2, -0.15) is 8.78 Å². The van der Waals surface area contributed by atoms with Gasteiger partial charge in [0.25, 0.3) is 0 Å². The van der Waals surface area contributed by atoms with Gasteiger partial charge in [-0.1, -0.05) is 0 Å². The van der Waals surface area contributed by atoms with E-state index in [2.05, 4.69) is 10.1 Å². The average molecular weight is 179 g/mol. The minimum Gasteiger partial charge on any atom is -0.359 e. The summed E-state index contributed by atoms with van der Waals surface area (Å²) in [5, 5.41) is 2.46. The smallest absolute Gasteiger partial charge is 0.345 e. The summed E-state index contributed by atoms with van der Waals surface area (Å²) in [5.74, 6) is -0.233. The first-order valence-electron chi connectivity index (χ1n) is 3.78. The molecule has 1 saturated carbocycles. The molecular weight excluding hydrogens is 168 g/mol. The monoisotopic (exact) mass is 179 g/mol. The number of alkyl halides is 2. The summed E-state index contributed by atoms with van der Waals surface area (Å²) < 4.78 is 27.4. The topological polar surface area (TPSA) is 38.3 Å². The van der Waals surface area contributed by atoms with Crippen molar-refractivity contribution in [1.82, 2.24) is 5.32 Å². The molecule has 0 bridgehead atoms. The molecule has 1 amide bonds. The fraction of sp³-hybridized carbons (Fsp3) is 0.857. The minimum absolute atomic E-state index is 0.0934. The lowest BCUT2D eigenvalue weighted by atomic mass is 9.82. The average Bonchev–Trinajstić information content (AvgIpc) is 1.94. The van der Waals surface area contributed by atoms with Gasteiger partial charge in [0.05, 0.1) is 6.10 Å². The second kappa shape index (κ2) is 3.80. The number of carbonyl (C=O) groups is 1. The molecule has 1 fully saturated rings. The Morgan fingerprint density at radius 1 is 1.58 bits per heavy atom. The molecule has 0 saturated heterocycles. The van der Waals surface area contributed by atoms with Crippen LogP contribution in [-0.4, -0.2) is 25.7 Å². The van der Waals surface area contributed by atoms with E-state index in [9.17, 15) is 13.6 Å². The third kappa shape index (κ3) is 2.14. The van der Waals surface area contributed by atoms with Crippen molar-refractivity contribution in [2.75, 3.05) is 7.05 Å². The fourth-order valence-corrected chi connectivity index (χ4v) is 1.24. The lowest BCUT2D eigenvalue weighted by Crippen LogP contribution is -2.41. The van der Waals surface area contributed by atoms with Crippen LogP contribution >= 0.6 is 0 Å². The van der Waals surface area contributed by atoms with Crippen molar-refractivity contribution in [3.8, 4) is 0 Å². The van der Waals surface area contributed by atoms with Crippen molar-refractivity contribution in [3.63, 3.8) is 0 Å². The van der Waals surface area contributed by atoms with Crippen LogP contribution in [0, 0.1) is 5.92 Å². The van der Waals surface area contributed by atoms with Gasteiger partial charge in [0.15, 0.2) is 0 Å². The molecule has 0 aromatic carbocycles. The summed E-state index contributed by atoms with van der Waals surface area (Å²) in [6.07, 6.45) is 0.376. The molecule has 0 atom stereocenters. The predicted molar refractivity (Wildman–Crippen MR) is 37.7 cm³/mol. The first-order valence-corrected chi connectivity index (χ1v) is 3.78.